The zero-order valence-electron chi connectivity index (χ0n) is 10.2. The molecule has 1 aromatic rings. The van der Waals surface area contributed by atoms with Crippen molar-refractivity contribution in [3.8, 4) is 0 Å². The number of hydrogen-bond acceptors (Lipinski definition) is 3. The number of nitrogens with two attached hydrogens (primary N) is 1. The monoisotopic (exact) mass is 221 g/mol. The Bertz CT molecular complexity index is 394. The predicted octanol–water partition coefficient (Wildman–Crippen LogP) is 1.81. The van der Waals surface area contributed by atoms with Crippen LogP contribution in [0.1, 0.15) is 36.7 Å². The summed E-state index contributed by atoms with van der Waals surface area (Å²) >= 11 is 0. The highest BCUT2D eigenvalue weighted by Gasteiger charge is 2.15. The smallest absolute Gasteiger partial charge is 0.251 e. The molecule has 4 nitrogen and oxygen atoms in total. The van der Waals surface area contributed by atoms with Crippen LogP contribution in [0.2, 0.25) is 0 Å². The number of benzene rings is 1. The van der Waals surface area contributed by atoms with E-state index in [1.807, 2.05) is 33.8 Å². The molecule has 0 saturated heterocycles. The van der Waals surface area contributed by atoms with Gasteiger partial charge in [-0.1, -0.05) is 0 Å². The van der Waals surface area contributed by atoms with Crippen molar-refractivity contribution < 1.29 is 4.79 Å². The quantitative estimate of drug-likeness (QED) is 0.527. The molecule has 4 N–H and O–H groups in total. The van der Waals surface area contributed by atoms with E-state index in [0.717, 1.165) is 11.3 Å². The molecule has 0 aromatic heterocycles. The molecule has 0 unspecified atom stereocenters. The van der Waals surface area contributed by atoms with Crippen molar-refractivity contribution in [1.29, 1.82) is 0 Å². The van der Waals surface area contributed by atoms with Gasteiger partial charge in [-0.2, -0.15) is 0 Å². The van der Waals surface area contributed by atoms with Crippen molar-refractivity contribution in [3.63, 3.8) is 0 Å². The summed E-state index contributed by atoms with van der Waals surface area (Å²) < 4.78 is 0. The lowest BCUT2D eigenvalue weighted by molar-refractivity contribution is 0.0919. The molecule has 1 aromatic carbocycles. The second kappa shape index (κ2) is 4.53. The summed E-state index contributed by atoms with van der Waals surface area (Å²) in [5, 5.41) is 2.91. The number of hydrogen-bond donors (Lipinski definition) is 3. The lowest BCUT2D eigenvalue weighted by Gasteiger charge is -2.20. The fraction of sp³-hybridized carbons (Fsp3) is 0.417. The maximum atomic E-state index is 11.8. The molecule has 1 rings (SSSR count). The predicted molar refractivity (Wildman–Crippen MR) is 66.2 cm³/mol. The van der Waals surface area contributed by atoms with Crippen molar-refractivity contribution in [3.05, 3.63) is 29.3 Å². The SMILES string of the molecule is Cc1cc(C(=O)NC(C)(C)C)ccc1NN. The normalized spacial score (nSPS) is 11.1. The summed E-state index contributed by atoms with van der Waals surface area (Å²) in [5.74, 6) is 5.26. The fourth-order valence-corrected chi connectivity index (χ4v) is 1.38. The largest absolute Gasteiger partial charge is 0.347 e. The van der Waals surface area contributed by atoms with Crippen LogP contribution < -0.4 is 16.6 Å². The second-order valence-corrected chi connectivity index (χ2v) is 4.88. The Balaban J connectivity index is 2.89. The number of amides is 1. The summed E-state index contributed by atoms with van der Waals surface area (Å²) in [6.45, 7) is 7.76. The number of hydrazine groups is 1. The van der Waals surface area contributed by atoms with Crippen molar-refractivity contribution in [1.82, 2.24) is 5.32 Å². The Hall–Kier alpha value is -1.55. The van der Waals surface area contributed by atoms with E-state index in [4.69, 9.17) is 5.84 Å². The number of aryl methyl sites for hydroxylation is 1. The molecule has 0 radical (unpaired) electrons. The first kappa shape index (κ1) is 12.5. The van der Waals surface area contributed by atoms with Gasteiger partial charge in [0.05, 0.1) is 5.69 Å². The Morgan fingerprint density at radius 2 is 1.94 bits per heavy atom. The van der Waals surface area contributed by atoms with Gasteiger partial charge in [0, 0.05) is 11.1 Å². The Kier molecular flexibility index (Phi) is 3.55. The first-order valence-electron chi connectivity index (χ1n) is 5.23. The Morgan fingerprint density at radius 3 is 2.38 bits per heavy atom. The Labute approximate surface area is 96.2 Å². The van der Waals surface area contributed by atoms with Gasteiger partial charge in [-0.25, -0.2) is 0 Å². The number of anilines is 1. The van der Waals surface area contributed by atoms with Crippen molar-refractivity contribution in [2.75, 3.05) is 5.43 Å². The first-order chi connectivity index (χ1) is 7.33. The number of carbonyl (C=O) groups excluding carboxylic acids is 1. The van der Waals surface area contributed by atoms with Crippen LogP contribution in [0.4, 0.5) is 5.69 Å². The van der Waals surface area contributed by atoms with Gasteiger partial charge in [0.1, 0.15) is 0 Å². The highest BCUT2D eigenvalue weighted by atomic mass is 16.1. The van der Waals surface area contributed by atoms with Gasteiger partial charge in [-0.3, -0.25) is 10.6 Å². The van der Waals surface area contributed by atoms with Gasteiger partial charge in [0.2, 0.25) is 0 Å². The van der Waals surface area contributed by atoms with Crippen LogP contribution in [0.3, 0.4) is 0 Å². The molecular formula is C12H19N3O. The minimum Gasteiger partial charge on any atom is -0.347 e. The second-order valence-electron chi connectivity index (χ2n) is 4.88. The average molecular weight is 221 g/mol. The molecular weight excluding hydrogens is 202 g/mol. The van der Waals surface area contributed by atoms with Gasteiger partial charge in [-0.05, 0) is 51.5 Å². The number of carbonyl (C=O) groups is 1. The lowest BCUT2D eigenvalue weighted by Crippen LogP contribution is -2.40. The molecule has 4 heteroatoms. The van der Waals surface area contributed by atoms with E-state index in [-0.39, 0.29) is 11.4 Å². The van der Waals surface area contributed by atoms with Gasteiger partial charge >= 0.3 is 0 Å². The van der Waals surface area contributed by atoms with E-state index in [1.54, 1.807) is 12.1 Å². The number of nitrogen functional groups attached to an aromatic ring is 1. The van der Waals surface area contributed by atoms with Crippen LogP contribution in [-0.4, -0.2) is 11.4 Å². The molecule has 1 amide bonds. The first-order valence-corrected chi connectivity index (χ1v) is 5.23. The van der Waals surface area contributed by atoms with Crippen molar-refractivity contribution >= 4 is 11.6 Å². The van der Waals surface area contributed by atoms with Crippen LogP contribution in [-0.2, 0) is 0 Å². The van der Waals surface area contributed by atoms with E-state index in [2.05, 4.69) is 10.7 Å². The third kappa shape index (κ3) is 3.24. The maximum Gasteiger partial charge on any atom is 0.251 e. The molecule has 0 heterocycles. The van der Waals surface area contributed by atoms with Gasteiger partial charge in [0.25, 0.3) is 5.91 Å². The molecule has 0 fully saturated rings. The molecule has 0 bridgehead atoms. The summed E-state index contributed by atoms with van der Waals surface area (Å²) in [5.41, 5.74) is 4.77. The molecule has 0 saturated carbocycles. The van der Waals surface area contributed by atoms with Crippen molar-refractivity contribution in [2.24, 2.45) is 5.84 Å². The molecule has 16 heavy (non-hydrogen) atoms. The fourth-order valence-electron chi connectivity index (χ4n) is 1.38. The van der Waals surface area contributed by atoms with Crippen LogP contribution >= 0.6 is 0 Å². The summed E-state index contributed by atoms with van der Waals surface area (Å²) in [7, 11) is 0. The number of nitrogens with one attached hydrogen (secondary N) is 2. The minimum absolute atomic E-state index is 0.0702. The van der Waals surface area contributed by atoms with E-state index >= 15 is 0 Å². The van der Waals surface area contributed by atoms with Crippen molar-refractivity contribution in [2.45, 2.75) is 33.2 Å². The van der Waals surface area contributed by atoms with Crippen LogP contribution in [0, 0.1) is 6.92 Å². The summed E-state index contributed by atoms with van der Waals surface area (Å²) in [6.07, 6.45) is 0. The topological polar surface area (TPSA) is 67.2 Å². The van der Waals surface area contributed by atoms with Gasteiger partial charge < -0.3 is 10.7 Å². The van der Waals surface area contributed by atoms with Gasteiger partial charge in [0.15, 0.2) is 0 Å². The molecule has 0 atom stereocenters. The third-order valence-electron chi connectivity index (χ3n) is 2.13. The molecule has 0 spiro atoms. The van der Waals surface area contributed by atoms with E-state index in [0.29, 0.717) is 5.56 Å². The zero-order chi connectivity index (χ0) is 12.3. The van der Waals surface area contributed by atoms with E-state index in [9.17, 15) is 4.79 Å². The third-order valence-corrected chi connectivity index (χ3v) is 2.13. The van der Waals surface area contributed by atoms with Gasteiger partial charge in [-0.15, -0.1) is 0 Å². The summed E-state index contributed by atoms with van der Waals surface area (Å²) in [4.78, 5) is 11.8. The highest BCUT2D eigenvalue weighted by molar-refractivity contribution is 5.95. The van der Waals surface area contributed by atoms with E-state index < -0.39 is 0 Å². The van der Waals surface area contributed by atoms with Crippen LogP contribution in [0.5, 0.6) is 0 Å². The van der Waals surface area contributed by atoms with Crippen LogP contribution in [0.25, 0.3) is 0 Å². The lowest BCUT2D eigenvalue weighted by atomic mass is 10.1. The van der Waals surface area contributed by atoms with Crippen LogP contribution in [0.15, 0.2) is 18.2 Å². The molecule has 0 aliphatic carbocycles. The summed E-state index contributed by atoms with van der Waals surface area (Å²) in [6, 6.07) is 5.37. The van der Waals surface area contributed by atoms with E-state index in [1.165, 1.54) is 0 Å². The molecule has 0 aliphatic heterocycles. The zero-order valence-corrected chi connectivity index (χ0v) is 10.2. The number of rotatable bonds is 2. The standard InChI is InChI=1S/C12H19N3O/c1-8-7-9(5-6-10(8)15-13)11(16)14-12(2,3)4/h5-7,15H,13H2,1-4H3,(H,14,16). The highest BCUT2D eigenvalue weighted by Crippen LogP contribution is 2.15. The maximum absolute atomic E-state index is 11.8. The minimum atomic E-state index is -0.226. The molecule has 88 valence electrons. The Morgan fingerprint density at radius 1 is 1.31 bits per heavy atom. The average Bonchev–Trinajstić information content (AvgIpc) is 2.15. The molecule has 0 aliphatic rings.